The minimum Gasteiger partial charge on any atom is -0.384 e. The van der Waals surface area contributed by atoms with Crippen LogP contribution < -0.4 is 10.6 Å². The Kier molecular flexibility index (Phi) is 4.18. The highest BCUT2D eigenvalue weighted by molar-refractivity contribution is 6.07. The number of aryl methyl sites for hydroxylation is 1. The van der Waals surface area contributed by atoms with Crippen molar-refractivity contribution >= 4 is 17.3 Å². The highest BCUT2D eigenvalue weighted by Gasteiger charge is 2.11. The van der Waals surface area contributed by atoms with Gasteiger partial charge in [0.25, 0.3) is 5.91 Å². The van der Waals surface area contributed by atoms with Crippen LogP contribution in [0.25, 0.3) is 0 Å². The van der Waals surface area contributed by atoms with Crippen molar-refractivity contribution in [2.45, 2.75) is 13.3 Å². The molecule has 2 N–H and O–H groups in total. The molecule has 5 heteroatoms. The summed E-state index contributed by atoms with van der Waals surface area (Å²) < 4.78 is 1.65. The molecule has 0 aliphatic heterocycles. The molecule has 19 heavy (non-hydrogen) atoms. The fourth-order valence-electron chi connectivity index (χ4n) is 1.78. The Morgan fingerprint density at radius 2 is 2.16 bits per heavy atom. The number of hydrogen-bond donors (Lipinski definition) is 2. The van der Waals surface area contributed by atoms with E-state index in [1.54, 1.807) is 17.1 Å². The Hall–Kier alpha value is -2.30. The van der Waals surface area contributed by atoms with E-state index in [0.717, 1.165) is 18.7 Å². The van der Waals surface area contributed by atoms with Crippen molar-refractivity contribution in [2.75, 3.05) is 17.2 Å². The van der Waals surface area contributed by atoms with E-state index in [0.29, 0.717) is 11.3 Å². The van der Waals surface area contributed by atoms with Gasteiger partial charge >= 0.3 is 0 Å². The summed E-state index contributed by atoms with van der Waals surface area (Å²) in [5.74, 6) is -0.132. The van der Waals surface area contributed by atoms with Crippen LogP contribution >= 0.6 is 0 Å². The fourth-order valence-corrected chi connectivity index (χ4v) is 1.78. The number of nitrogens with zero attached hydrogens (tertiary/aromatic N) is 2. The first-order valence-electron chi connectivity index (χ1n) is 6.33. The first-order valence-corrected chi connectivity index (χ1v) is 6.33. The van der Waals surface area contributed by atoms with Crippen molar-refractivity contribution in [3.05, 3.63) is 42.2 Å². The topological polar surface area (TPSA) is 59.0 Å². The molecule has 0 unspecified atom stereocenters. The van der Waals surface area contributed by atoms with Gasteiger partial charge in [-0.3, -0.25) is 9.48 Å². The molecule has 0 saturated heterocycles. The maximum atomic E-state index is 12.2. The average Bonchev–Trinajstić information content (AvgIpc) is 2.82. The van der Waals surface area contributed by atoms with Gasteiger partial charge in [-0.1, -0.05) is 19.1 Å². The number of carbonyl (C=O) groups excluding carboxylic acids is 1. The first kappa shape index (κ1) is 13.1. The van der Waals surface area contributed by atoms with Gasteiger partial charge in [0, 0.05) is 25.5 Å². The molecule has 0 aliphatic rings. The van der Waals surface area contributed by atoms with E-state index in [2.05, 4.69) is 22.7 Å². The Balaban J connectivity index is 2.14. The molecule has 1 aromatic heterocycles. The van der Waals surface area contributed by atoms with Crippen molar-refractivity contribution in [3.63, 3.8) is 0 Å². The number of para-hydroxylation sites is 1. The van der Waals surface area contributed by atoms with Crippen molar-refractivity contribution in [3.8, 4) is 0 Å². The van der Waals surface area contributed by atoms with E-state index in [1.165, 1.54) is 0 Å². The van der Waals surface area contributed by atoms with E-state index in [4.69, 9.17) is 0 Å². The van der Waals surface area contributed by atoms with Crippen LogP contribution in [-0.2, 0) is 7.05 Å². The number of benzene rings is 1. The lowest BCUT2D eigenvalue weighted by Crippen LogP contribution is -2.14. The Morgan fingerprint density at radius 3 is 2.84 bits per heavy atom. The molecule has 0 spiro atoms. The number of anilines is 2. The summed E-state index contributed by atoms with van der Waals surface area (Å²) in [4.78, 5) is 12.2. The monoisotopic (exact) mass is 258 g/mol. The number of rotatable bonds is 5. The van der Waals surface area contributed by atoms with E-state index < -0.39 is 0 Å². The minimum absolute atomic E-state index is 0.132. The van der Waals surface area contributed by atoms with Crippen LogP contribution in [0.2, 0.25) is 0 Å². The van der Waals surface area contributed by atoms with Crippen LogP contribution in [0.15, 0.2) is 36.7 Å². The van der Waals surface area contributed by atoms with Gasteiger partial charge in [-0.15, -0.1) is 0 Å². The number of nitrogens with one attached hydrogen (secondary N) is 2. The molecule has 0 saturated carbocycles. The molecule has 1 amide bonds. The van der Waals surface area contributed by atoms with Crippen molar-refractivity contribution in [2.24, 2.45) is 7.05 Å². The maximum absolute atomic E-state index is 12.2. The summed E-state index contributed by atoms with van der Waals surface area (Å²) in [5, 5.41) is 10.1. The van der Waals surface area contributed by atoms with E-state index in [9.17, 15) is 4.79 Å². The van der Waals surface area contributed by atoms with Crippen LogP contribution in [0.3, 0.4) is 0 Å². The molecule has 0 bridgehead atoms. The summed E-state index contributed by atoms with van der Waals surface area (Å²) in [7, 11) is 1.81. The zero-order valence-electron chi connectivity index (χ0n) is 11.2. The van der Waals surface area contributed by atoms with Crippen molar-refractivity contribution in [1.29, 1.82) is 0 Å². The Morgan fingerprint density at radius 1 is 1.37 bits per heavy atom. The molecule has 0 aliphatic carbocycles. The van der Waals surface area contributed by atoms with E-state index in [1.807, 2.05) is 31.3 Å². The number of carbonyl (C=O) groups is 1. The normalized spacial score (nSPS) is 10.2. The minimum atomic E-state index is -0.132. The molecule has 2 rings (SSSR count). The molecule has 1 aromatic carbocycles. The zero-order valence-corrected chi connectivity index (χ0v) is 11.2. The Labute approximate surface area is 112 Å². The summed E-state index contributed by atoms with van der Waals surface area (Å²) in [5.41, 5.74) is 2.18. The largest absolute Gasteiger partial charge is 0.384 e. The van der Waals surface area contributed by atoms with Gasteiger partial charge in [0.05, 0.1) is 17.4 Å². The molecular weight excluding hydrogens is 240 g/mol. The maximum Gasteiger partial charge on any atom is 0.257 e. The number of amides is 1. The predicted octanol–water partition coefficient (Wildman–Crippen LogP) is 2.49. The van der Waals surface area contributed by atoms with Gasteiger partial charge in [-0.05, 0) is 18.6 Å². The molecule has 5 nitrogen and oxygen atoms in total. The summed E-state index contributed by atoms with van der Waals surface area (Å²) in [6.07, 6.45) is 4.40. The van der Waals surface area contributed by atoms with E-state index in [-0.39, 0.29) is 5.91 Å². The lowest BCUT2D eigenvalue weighted by molar-refractivity contribution is 0.102. The summed E-state index contributed by atoms with van der Waals surface area (Å²) in [6, 6.07) is 7.49. The van der Waals surface area contributed by atoms with Crippen LogP contribution in [0.1, 0.15) is 23.7 Å². The molecular formula is C14H18N4O. The van der Waals surface area contributed by atoms with Crippen LogP contribution in [-0.4, -0.2) is 22.2 Å². The number of aromatic nitrogens is 2. The van der Waals surface area contributed by atoms with Gasteiger partial charge in [-0.25, -0.2) is 0 Å². The van der Waals surface area contributed by atoms with Crippen molar-refractivity contribution in [1.82, 2.24) is 9.78 Å². The van der Waals surface area contributed by atoms with Crippen molar-refractivity contribution < 1.29 is 4.79 Å². The second-order valence-electron chi connectivity index (χ2n) is 4.33. The number of hydrogen-bond acceptors (Lipinski definition) is 3. The lowest BCUT2D eigenvalue weighted by atomic mass is 10.1. The fraction of sp³-hybridized carbons (Fsp3) is 0.286. The third-order valence-corrected chi connectivity index (χ3v) is 2.70. The van der Waals surface area contributed by atoms with Gasteiger partial charge in [0.15, 0.2) is 0 Å². The van der Waals surface area contributed by atoms with Gasteiger partial charge in [-0.2, -0.15) is 5.10 Å². The molecule has 1 heterocycles. The third kappa shape index (κ3) is 3.34. The SMILES string of the molecule is CCCNc1ccccc1C(=O)Nc1cnn(C)c1. The first-order chi connectivity index (χ1) is 9.20. The highest BCUT2D eigenvalue weighted by Crippen LogP contribution is 2.17. The standard InChI is InChI=1S/C14H18N4O/c1-3-8-15-13-7-5-4-6-12(13)14(19)17-11-9-16-18(2)10-11/h4-7,9-10,15H,3,8H2,1-2H3,(H,17,19). The molecule has 2 aromatic rings. The Bertz CT molecular complexity index is 562. The average molecular weight is 258 g/mol. The van der Waals surface area contributed by atoms with Crippen LogP contribution in [0, 0.1) is 0 Å². The summed E-state index contributed by atoms with van der Waals surface area (Å²) >= 11 is 0. The van der Waals surface area contributed by atoms with Gasteiger partial charge < -0.3 is 10.6 Å². The predicted molar refractivity (Wildman–Crippen MR) is 76.4 cm³/mol. The van der Waals surface area contributed by atoms with Gasteiger partial charge in [0.2, 0.25) is 0 Å². The van der Waals surface area contributed by atoms with Crippen LogP contribution in [0.5, 0.6) is 0 Å². The smallest absolute Gasteiger partial charge is 0.257 e. The van der Waals surface area contributed by atoms with E-state index >= 15 is 0 Å². The quantitative estimate of drug-likeness (QED) is 0.866. The third-order valence-electron chi connectivity index (χ3n) is 2.70. The molecule has 0 fully saturated rings. The second kappa shape index (κ2) is 6.04. The molecule has 100 valence electrons. The second-order valence-corrected chi connectivity index (χ2v) is 4.33. The highest BCUT2D eigenvalue weighted by atomic mass is 16.1. The summed E-state index contributed by atoms with van der Waals surface area (Å²) in [6.45, 7) is 2.93. The molecule has 0 atom stereocenters. The zero-order chi connectivity index (χ0) is 13.7. The molecule has 0 radical (unpaired) electrons. The lowest BCUT2D eigenvalue weighted by Gasteiger charge is -2.10. The van der Waals surface area contributed by atoms with Crippen LogP contribution in [0.4, 0.5) is 11.4 Å². The van der Waals surface area contributed by atoms with Gasteiger partial charge in [0.1, 0.15) is 0 Å².